The molecule has 0 saturated carbocycles. The van der Waals surface area contributed by atoms with Crippen LogP contribution < -0.4 is 0 Å². The van der Waals surface area contributed by atoms with Crippen LogP contribution in [0.2, 0.25) is 0 Å². The van der Waals surface area contributed by atoms with Crippen LogP contribution in [0.3, 0.4) is 0 Å². The molecule has 2 aromatic rings. The Balaban J connectivity index is 1.81. The average Bonchev–Trinajstić information content (AvgIpc) is 3.05. The number of aliphatic hydroxyl groups is 1. The Hall–Kier alpha value is -1.36. The first-order chi connectivity index (χ1) is 13.1. The summed E-state index contributed by atoms with van der Waals surface area (Å²) in [6, 6.07) is 8.54. The number of benzene rings is 1. The number of ether oxygens (including phenoxy) is 1. The number of nitrogens with one attached hydrogen (secondary N) is 1. The van der Waals surface area contributed by atoms with Crippen LogP contribution in [-0.2, 0) is 16.8 Å². The molecule has 2 unspecified atom stereocenters. The molecule has 1 aliphatic rings. The smallest absolute Gasteiger partial charge is 0.109 e. The van der Waals surface area contributed by atoms with Gasteiger partial charge in [-0.3, -0.25) is 0 Å². The van der Waals surface area contributed by atoms with E-state index < -0.39 is 0 Å². The van der Waals surface area contributed by atoms with E-state index in [0.29, 0.717) is 0 Å². The van der Waals surface area contributed by atoms with Gasteiger partial charge in [-0.1, -0.05) is 44.4 Å². The molecule has 0 saturated heterocycles. The van der Waals surface area contributed by atoms with Gasteiger partial charge in [0, 0.05) is 30.0 Å². The molecule has 3 rings (SSSR count). The lowest BCUT2D eigenvalue weighted by atomic mass is 9.79. The SMILES string of the molecule is CCCCCCN(C)CC(CCO)C1(C)OCCc2c1[nH]c1ccccc21. The lowest BCUT2D eigenvalue weighted by Crippen LogP contribution is -2.45. The normalized spacial score (nSPS) is 20.9. The Kier molecular flexibility index (Phi) is 6.96. The van der Waals surface area contributed by atoms with Gasteiger partial charge in [-0.25, -0.2) is 0 Å². The lowest BCUT2D eigenvalue weighted by Gasteiger charge is -2.42. The zero-order valence-electron chi connectivity index (χ0n) is 17.3. The number of nitrogens with zero attached hydrogens (tertiary/aromatic N) is 1. The largest absolute Gasteiger partial charge is 0.396 e. The minimum Gasteiger partial charge on any atom is -0.396 e. The summed E-state index contributed by atoms with van der Waals surface area (Å²) >= 11 is 0. The summed E-state index contributed by atoms with van der Waals surface area (Å²) < 4.78 is 6.41. The molecule has 4 nitrogen and oxygen atoms in total. The first-order valence-electron chi connectivity index (χ1n) is 10.6. The Labute approximate surface area is 163 Å². The molecule has 1 aromatic heterocycles. The molecule has 0 fully saturated rings. The van der Waals surface area contributed by atoms with Crippen molar-refractivity contribution < 1.29 is 9.84 Å². The first-order valence-corrected chi connectivity index (χ1v) is 10.6. The molecule has 2 N–H and O–H groups in total. The van der Waals surface area contributed by atoms with E-state index in [9.17, 15) is 5.11 Å². The molecule has 0 spiro atoms. The predicted octanol–water partition coefficient (Wildman–Crippen LogP) is 4.47. The van der Waals surface area contributed by atoms with Crippen LogP contribution in [0, 0.1) is 5.92 Å². The number of para-hydroxylation sites is 1. The van der Waals surface area contributed by atoms with Gasteiger partial charge in [0.25, 0.3) is 0 Å². The molecule has 0 aliphatic carbocycles. The predicted molar refractivity (Wildman–Crippen MR) is 112 cm³/mol. The van der Waals surface area contributed by atoms with Crippen LogP contribution in [0.4, 0.5) is 0 Å². The van der Waals surface area contributed by atoms with Gasteiger partial charge in [-0.2, -0.15) is 0 Å². The monoisotopic (exact) mass is 372 g/mol. The van der Waals surface area contributed by atoms with E-state index in [4.69, 9.17) is 4.74 Å². The molecule has 150 valence electrons. The standard InChI is InChI=1S/C23H36N2O2/c1-4-5-6-9-14-25(3)17-18(12-15-26)23(2)22-20(13-16-27-23)19-10-7-8-11-21(19)24-22/h7-8,10-11,18,24,26H,4-6,9,12-17H2,1-3H3. The lowest BCUT2D eigenvalue weighted by molar-refractivity contribution is -0.102. The summed E-state index contributed by atoms with van der Waals surface area (Å²) in [5, 5.41) is 11.1. The fourth-order valence-corrected chi connectivity index (χ4v) is 4.62. The van der Waals surface area contributed by atoms with Crippen LogP contribution >= 0.6 is 0 Å². The molecule has 1 aromatic carbocycles. The van der Waals surface area contributed by atoms with Gasteiger partial charge in [0.1, 0.15) is 5.60 Å². The van der Waals surface area contributed by atoms with E-state index in [0.717, 1.165) is 32.5 Å². The number of H-pyrrole nitrogens is 1. The van der Waals surface area contributed by atoms with Gasteiger partial charge in [-0.05, 0) is 51.4 Å². The zero-order chi connectivity index (χ0) is 19.3. The maximum atomic E-state index is 9.74. The Morgan fingerprint density at radius 1 is 1.26 bits per heavy atom. The van der Waals surface area contributed by atoms with Crippen LogP contribution in [0.25, 0.3) is 10.9 Å². The van der Waals surface area contributed by atoms with E-state index >= 15 is 0 Å². The molecular weight excluding hydrogens is 336 g/mol. The van der Waals surface area contributed by atoms with Gasteiger partial charge in [0.15, 0.2) is 0 Å². The van der Waals surface area contributed by atoms with Crippen molar-refractivity contribution in [2.24, 2.45) is 5.92 Å². The molecule has 2 heterocycles. The second-order valence-electron chi connectivity index (χ2n) is 8.26. The number of hydrogen-bond acceptors (Lipinski definition) is 3. The second kappa shape index (κ2) is 9.22. The molecule has 1 aliphatic heterocycles. The van der Waals surface area contributed by atoms with E-state index in [2.05, 4.69) is 55.0 Å². The maximum Gasteiger partial charge on any atom is 0.109 e. The van der Waals surface area contributed by atoms with Crippen LogP contribution in [0.15, 0.2) is 24.3 Å². The summed E-state index contributed by atoms with van der Waals surface area (Å²) in [6.07, 6.45) is 6.83. The van der Waals surface area contributed by atoms with E-state index in [1.165, 1.54) is 47.8 Å². The van der Waals surface area contributed by atoms with Crippen molar-refractivity contribution in [3.05, 3.63) is 35.5 Å². The van der Waals surface area contributed by atoms with E-state index in [-0.39, 0.29) is 18.1 Å². The second-order valence-corrected chi connectivity index (χ2v) is 8.26. The van der Waals surface area contributed by atoms with Crippen molar-refractivity contribution in [3.63, 3.8) is 0 Å². The third-order valence-corrected chi connectivity index (χ3v) is 6.25. The van der Waals surface area contributed by atoms with E-state index in [1.54, 1.807) is 0 Å². The van der Waals surface area contributed by atoms with Crippen LogP contribution in [0.1, 0.15) is 57.2 Å². The van der Waals surface area contributed by atoms with Crippen molar-refractivity contribution in [1.82, 2.24) is 9.88 Å². The fraction of sp³-hybridized carbons (Fsp3) is 0.652. The highest BCUT2D eigenvalue weighted by Gasteiger charge is 2.42. The summed E-state index contributed by atoms with van der Waals surface area (Å²) in [5.74, 6) is 0.255. The van der Waals surface area contributed by atoms with Gasteiger partial charge < -0.3 is 19.7 Å². The molecule has 2 atom stereocenters. The average molecular weight is 373 g/mol. The Morgan fingerprint density at radius 2 is 2.07 bits per heavy atom. The number of hydrogen-bond donors (Lipinski definition) is 2. The highest BCUT2D eigenvalue weighted by atomic mass is 16.5. The van der Waals surface area contributed by atoms with E-state index in [1.807, 2.05) is 0 Å². The minimum atomic E-state index is -0.382. The van der Waals surface area contributed by atoms with Crippen molar-refractivity contribution >= 4 is 10.9 Å². The molecule has 0 bridgehead atoms. The number of aromatic amines is 1. The molecule has 27 heavy (non-hydrogen) atoms. The number of fused-ring (bicyclic) bond motifs is 3. The van der Waals surface area contributed by atoms with Gasteiger partial charge in [0.05, 0.1) is 12.3 Å². The summed E-state index contributed by atoms with van der Waals surface area (Å²) in [5.41, 5.74) is 3.42. The summed E-state index contributed by atoms with van der Waals surface area (Å²) in [7, 11) is 2.20. The third kappa shape index (κ3) is 4.39. The Morgan fingerprint density at radius 3 is 2.85 bits per heavy atom. The van der Waals surface area contributed by atoms with Gasteiger partial charge in [0.2, 0.25) is 0 Å². The number of aromatic nitrogens is 1. The van der Waals surface area contributed by atoms with Crippen molar-refractivity contribution in [2.45, 2.75) is 58.0 Å². The molecule has 4 heteroatoms. The molecular formula is C23H36N2O2. The third-order valence-electron chi connectivity index (χ3n) is 6.25. The number of rotatable bonds is 10. The van der Waals surface area contributed by atoms with Gasteiger partial charge in [-0.15, -0.1) is 0 Å². The topological polar surface area (TPSA) is 48.5 Å². The molecule has 0 amide bonds. The highest BCUT2D eigenvalue weighted by Crippen LogP contribution is 2.42. The van der Waals surface area contributed by atoms with Crippen molar-refractivity contribution in [2.75, 3.05) is 33.4 Å². The number of unbranched alkanes of at least 4 members (excludes halogenated alkanes) is 3. The van der Waals surface area contributed by atoms with Crippen molar-refractivity contribution in [3.8, 4) is 0 Å². The minimum absolute atomic E-state index is 0.197. The summed E-state index contributed by atoms with van der Waals surface area (Å²) in [4.78, 5) is 6.07. The molecule has 0 radical (unpaired) electrons. The fourth-order valence-electron chi connectivity index (χ4n) is 4.62. The maximum absolute atomic E-state index is 9.74. The van der Waals surface area contributed by atoms with Gasteiger partial charge >= 0.3 is 0 Å². The quantitative estimate of drug-likeness (QED) is 0.605. The van der Waals surface area contributed by atoms with Crippen molar-refractivity contribution in [1.29, 1.82) is 0 Å². The van der Waals surface area contributed by atoms with Crippen LogP contribution in [-0.4, -0.2) is 48.3 Å². The summed E-state index contributed by atoms with van der Waals surface area (Å²) in [6.45, 7) is 7.46. The first kappa shape index (κ1) is 20.4. The zero-order valence-corrected chi connectivity index (χ0v) is 17.3. The highest BCUT2D eigenvalue weighted by molar-refractivity contribution is 5.85. The Bertz CT molecular complexity index is 726. The van der Waals surface area contributed by atoms with Crippen LogP contribution in [0.5, 0.6) is 0 Å². The number of aliphatic hydroxyl groups excluding tert-OH is 1.